The van der Waals surface area contributed by atoms with Gasteiger partial charge in [0, 0.05) is 47.9 Å². The maximum Gasteiger partial charge on any atom is 8.00 e. The second-order valence-electron chi connectivity index (χ2n) is 16.2. The van der Waals surface area contributed by atoms with Crippen molar-refractivity contribution >= 4 is 5.70 Å². The Labute approximate surface area is 328 Å². The topological polar surface area (TPSA) is 100 Å². The smallest absolute Gasteiger partial charge is 0.677 e. The number of hydrogen-bond acceptors (Lipinski definition) is 0. The summed E-state index contributed by atoms with van der Waals surface area (Å²) in [6, 6.07) is 0.551. The molecule has 3 unspecified atom stereocenters. The van der Waals surface area contributed by atoms with Crippen LogP contribution in [0.5, 0.6) is 0 Å². The SMILES string of the molecule is C[n+]1[n-]c(C2=CC=CC(c3[n-][n+](C)c4c3CCCC4)[N-]2)c2c1CCCC2.C[n+]1[n-]c(C2CCCC(c3[n-][n+](C)c4c3CCCC4)[N-]2)c2c1CCCC2.[Ru+8]. The summed E-state index contributed by atoms with van der Waals surface area (Å²) in [5.74, 6) is 0. The van der Waals surface area contributed by atoms with Crippen LogP contribution in [0.4, 0.5) is 0 Å². The molecule has 0 N–H and O–H groups in total. The molecule has 53 heavy (non-hydrogen) atoms. The molecule has 2 aliphatic heterocycles. The molecule has 1 fully saturated rings. The van der Waals surface area contributed by atoms with Gasteiger partial charge in [0.25, 0.3) is 0 Å². The van der Waals surface area contributed by atoms with Gasteiger partial charge in [-0.05, 0) is 77.0 Å². The number of allylic oxidation sites excluding steroid dienone is 2. The number of fused-ring (bicyclic) bond motifs is 4. The molecular weight excluding hydrogens is 746 g/mol. The molecule has 0 aromatic carbocycles. The Morgan fingerprint density at radius 3 is 1.43 bits per heavy atom. The molecule has 6 aliphatic rings. The Morgan fingerprint density at radius 2 is 0.906 bits per heavy atom. The molecule has 3 atom stereocenters. The first-order valence-electron chi connectivity index (χ1n) is 20.4. The van der Waals surface area contributed by atoms with Crippen LogP contribution in [0.15, 0.2) is 18.2 Å². The fourth-order valence-electron chi connectivity index (χ4n) is 10.2. The number of nitrogens with zero attached hydrogens (tertiary/aromatic N) is 10. The van der Waals surface area contributed by atoms with Crippen molar-refractivity contribution in [3.63, 3.8) is 0 Å². The predicted molar refractivity (Wildman–Crippen MR) is 196 cm³/mol. The van der Waals surface area contributed by atoms with E-state index in [0.717, 1.165) is 55.6 Å². The van der Waals surface area contributed by atoms with Gasteiger partial charge in [-0.25, -0.2) is 0 Å². The molecule has 10 rings (SSSR count). The van der Waals surface area contributed by atoms with E-state index in [2.05, 4.69) is 65.1 Å². The molecule has 0 amide bonds. The molecule has 6 heterocycles. The zero-order valence-electron chi connectivity index (χ0n) is 32.2. The quantitative estimate of drug-likeness (QED) is 0.226. The average Bonchev–Trinajstić information content (AvgIpc) is 3.93. The molecule has 1 saturated heterocycles. The van der Waals surface area contributed by atoms with Crippen molar-refractivity contribution in [1.29, 1.82) is 0 Å². The van der Waals surface area contributed by atoms with Crippen LogP contribution in [0.1, 0.15) is 157 Å². The fraction of sp³-hybridized carbons (Fsp3) is 0.619. The Bertz CT molecular complexity index is 1950. The first kappa shape index (κ1) is 36.7. The van der Waals surface area contributed by atoms with E-state index in [4.69, 9.17) is 31.0 Å². The normalized spacial score (nSPS) is 23.3. The van der Waals surface area contributed by atoms with Crippen molar-refractivity contribution in [2.75, 3.05) is 0 Å². The first-order valence-corrected chi connectivity index (χ1v) is 20.4. The molecule has 0 radical (unpaired) electrons. The summed E-state index contributed by atoms with van der Waals surface area (Å²) >= 11 is 0. The van der Waals surface area contributed by atoms with Crippen LogP contribution < -0.4 is 39.1 Å². The molecule has 4 aromatic rings. The van der Waals surface area contributed by atoms with Crippen LogP contribution >= 0.6 is 0 Å². The third-order valence-corrected chi connectivity index (χ3v) is 12.8. The van der Waals surface area contributed by atoms with Crippen molar-refractivity contribution in [3.8, 4) is 0 Å². The fourth-order valence-corrected chi connectivity index (χ4v) is 10.2. The average molecular weight is 802 g/mol. The van der Waals surface area contributed by atoms with Gasteiger partial charge in [-0.1, -0.05) is 49.2 Å². The molecule has 0 saturated carbocycles. The van der Waals surface area contributed by atoms with E-state index in [1.54, 1.807) is 0 Å². The maximum atomic E-state index is 5.31. The van der Waals surface area contributed by atoms with Gasteiger partial charge in [0.05, 0.1) is 0 Å². The number of aryl methyl sites for hydroxylation is 4. The molecule has 10 nitrogen and oxygen atoms in total. The minimum absolute atomic E-state index is 0. The van der Waals surface area contributed by atoms with Gasteiger partial charge in [0.15, 0.2) is 22.8 Å². The van der Waals surface area contributed by atoms with E-state index in [0.29, 0.717) is 0 Å². The van der Waals surface area contributed by atoms with Crippen LogP contribution in [-0.4, -0.2) is 0 Å². The Morgan fingerprint density at radius 1 is 0.491 bits per heavy atom. The van der Waals surface area contributed by atoms with Gasteiger partial charge < -0.3 is 31.0 Å². The Hall–Kier alpha value is -3.30. The van der Waals surface area contributed by atoms with Gasteiger partial charge in [-0.15, -0.1) is 34.9 Å². The molecule has 276 valence electrons. The number of piperidine rings is 1. The summed E-state index contributed by atoms with van der Waals surface area (Å²) in [6.45, 7) is 0. The van der Waals surface area contributed by atoms with E-state index >= 15 is 0 Å². The number of rotatable bonds is 4. The Kier molecular flexibility index (Phi) is 10.7. The molecule has 0 bridgehead atoms. The van der Waals surface area contributed by atoms with E-state index in [1.807, 2.05) is 0 Å². The summed E-state index contributed by atoms with van der Waals surface area (Å²) in [7, 11) is 8.37. The van der Waals surface area contributed by atoms with Crippen LogP contribution in [0, 0.1) is 0 Å². The van der Waals surface area contributed by atoms with Gasteiger partial charge in [0.1, 0.15) is 28.2 Å². The van der Waals surface area contributed by atoms with Gasteiger partial charge in [0.2, 0.25) is 0 Å². The van der Waals surface area contributed by atoms with Crippen molar-refractivity contribution < 1.29 is 38.2 Å². The van der Waals surface area contributed by atoms with E-state index in [-0.39, 0.29) is 37.6 Å². The van der Waals surface area contributed by atoms with Gasteiger partial charge >= 0.3 is 19.5 Å². The van der Waals surface area contributed by atoms with E-state index in [1.165, 1.54) is 140 Å². The van der Waals surface area contributed by atoms with Crippen molar-refractivity contribution in [2.45, 2.75) is 140 Å². The molecular formula is C42H56N10Ru+6. The second kappa shape index (κ2) is 15.4. The molecule has 4 aromatic heterocycles. The first-order chi connectivity index (χ1) is 25.4. The van der Waals surface area contributed by atoms with Gasteiger partial charge in [-0.2, -0.15) is 0 Å². The van der Waals surface area contributed by atoms with Gasteiger partial charge in [-0.3, -0.25) is 18.7 Å². The van der Waals surface area contributed by atoms with E-state index in [9.17, 15) is 0 Å². The second-order valence-corrected chi connectivity index (χ2v) is 16.2. The third-order valence-electron chi connectivity index (χ3n) is 12.8. The molecule has 11 heteroatoms. The van der Waals surface area contributed by atoms with Crippen LogP contribution in [0.2, 0.25) is 0 Å². The zero-order valence-corrected chi connectivity index (χ0v) is 34.0. The van der Waals surface area contributed by atoms with Crippen LogP contribution in [-0.2, 0) is 99.0 Å². The maximum absolute atomic E-state index is 5.31. The molecule has 4 aliphatic carbocycles. The number of aromatic nitrogens is 8. The van der Waals surface area contributed by atoms with Crippen molar-refractivity contribution in [3.05, 3.63) is 96.7 Å². The predicted octanol–water partition coefficient (Wildman–Crippen LogP) is 4.38. The minimum Gasteiger partial charge on any atom is -0.677 e. The van der Waals surface area contributed by atoms with Crippen LogP contribution in [0.25, 0.3) is 16.3 Å². The summed E-state index contributed by atoms with van der Waals surface area (Å²) in [6.07, 6.45) is 29.5. The monoisotopic (exact) mass is 802 g/mol. The molecule has 0 spiro atoms. The zero-order chi connectivity index (χ0) is 35.3. The van der Waals surface area contributed by atoms with Crippen molar-refractivity contribution in [1.82, 2.24) is 20.4 Å². The summed E-state index contributed by atoms with van der Waals surface area (Å²) in [5.41, 5.74) is 17.4. The number of hydrogen-bond donors (Lipinski definition) is 0. The largest absolute Gasteiger partial charge is 8.00 e. The van der Waals surface area contributed by atoms with Crippen LogP contribution in [0.3, 0.4) is 0 Å². The minimum atomic E-state index is 0. The summed E-state index contributed by atoms with van der Waals surface area (Å²) in [5, 5.41) is 30.0. The van der Waals surface area contributed by atoms with E-state index < -0.39 is 0 Å². The summed E-state index contributed by atoms with van der Waals surface area (Å²) in [4.78, 5) is 0. The summed E-state index contributed by atoms with van der Waals surface area (Å²) < 4.78 is 8.40. The van der Waals surface area contributed by atoms with Crippen molar-refractivity contribution in [2.24, 2.45) is 28.2 Å². The Balaban J connectivity index is 0.000000148. The third kappa shape index (κ3) is 6.83. The standard InChI is InChI=1S/C21H30N5.C21H26N5.Ru/c2*1-25-18-12-5-3-8-14(18)20(23-25)16-10-7-11-17(22-16)21-15-9-4-6-13-19(15)26(2)24-21;/h16-17H,3-13H2,1-2H3;7,10-11,16H,3-6,8-9,12-13H2,1-2H3;/q2*-1;+8.